The van der Waals surface area contributed by atoms with Crippen molar-refractivity contribution in [3.8, 4) is 5.13 Å². The number of anilines is 2. The van der Waals surface area contributed by atoms with E-state index in [1.807, 2.05) is 48.1 Å². The summed E-state index contributed by atoms with van der Waals surface area (Å²) in [7, 11) is 0. The molecule has 1 aliphatic heterocycles. The lowest BCUT2D eigenvalue weighted by Crippen LogP contribution is -2.38. The number of hydrogen-bond donors (Lipinski definition) is 1. The third kappa shape index (κ3) is 3.73. The van der Waals surface area contributed by atoms with Gasteiger partial charge in [-0.15, -0.1) is 10.2 Å². The van der Waals surface area contributed by atoms with E-state index >= 15 is 0 Å². The van der Waals surface area contributed by atoms with Gasteiger partial charge < -0.3 is 10.2 Å². The number of carbonyl (C=O) groups is 1. The number of rotatable bonds is 4. The number of nitrogens with one attached hydrogen (secondary N) is 1. The van der Waals surface area contributed by atoms with Crippen LogP contribution in [-0.4, -0.2) is 33.8 Å². The molecular formula is C20H23N5OS. The maximum Gasteiger partial charge on any atom is 0.227 e. The van der Waals surface area contributed by atoms with Crippen LogP contribution < -0.4 is 10.2 Å². The fourth-order valence-electron chi connectivity index (χ4n) is 3.36. The highest BCUT2D eigenvalue weighted by Gasteiger charge is 2.27. The average molecular weight is 382 g/mol. The highest BCUT2D eigenvalue weighted by molar-refractivity contribution is 7.17. The number of benzene rings is 1. The second kappa shape index (κ2) is 7.52. The van der Waals surface area contributed by atoms with E-state index in [0.29, 0.717) is 0 Å². The van der Waals surface area contributed by atoms with Crippen LogP contribution in [0.2, 0.25) is 0 Å². The highest BCUT2D eigenvalue weighted by atomic mass is 32.1. The van der Waals surface area contributed by atoms with E-state index in [1.54, 1.807) is 11.3 Å². The Bertz CT molecular complexity index is 926. The molecule has 0 aliphatic carbocycles. The summed E-state index contributed by atoms with van der Waals surface area (Å²) >= 11 is 1.58. The zero-order valence-corrected chi connectivity index (χ0v) is 16.4. The lowest BCUT2D eigenvalue weighted by atomic mass is 9.96. The maximum atomic E-state index is 12.7. The van der Waals surface area contributed by atoms with Gasteiger partial charge in [-0.3, -0.25) is 9.36 Å². The third-order valence-corrected chi connectivity index (χ3v) is 6.23. The summed E-state index contributed by atoms with van der Waals surface area (Å²) in [6.45, 7) is 5.76. The number of aromatic nitrogens is 3. The molecule has 1 amide bonds. The Morgan fingerprint density at radius 1 is 1.07 bits per heavy atom. The van der Waals surface area contributed by atoms with Gasteiger partial charge in [-0.05, 0) is 56.0 Å². The van der Waals surface area contributed by atoms with Gasteiger partial charge in [0, 0.05) is 37.1 Å². The molecule has 0 spiro atoms. The topological polar surface area (TPSA) is 63.1 Å². The SMILES string of the molecule is Cc1cccc(NC(=O)C2CCN(c3nnc(-n4cccc4)s3)CC2)c1C. The maximum absolute atomic E-state index is 12.7. The van der Waals surface area contributed by atoms with Gasteiger partial charge in [-0.25, -0.2) is 0 Å². The Morgan fingerprint density at radius 3 is 2.52 bits per heavy atom. The number of carbonyl (C=O) groups excluding carboxylic acids is 1. The van der Waals surface area contributed by atoms with Crippen molar-refractivity contribution >= 4 is 28.1 Å². The average Bonchev–Trinajstić information content (AvgIpc) is 3.37. The fourth-order valence-corrected chi connectivity index (χ4v) is 4.22. The normalized spacial score (nSPS) is 15.1. The van der Waals surface area contributed by atoms with Crippen LogP contribution in [0.4, 0.5) is 10.8 Å². The first-order valence-corrected chi connectivity index (χ1v) is 10.0. The number of aryl methyl sites for hydroxylation is 1. The van der Waals surface area contributed by atoms with E-state index in [9.17, 15) is 4.79 Å². The molecule has 1 fully saturated rings. The predicted octanol–water partition coefficient (Wildman–Crippen LogP) is 3.80. The summed E-state index contributed by atoms with van der Waals surface area (Å²) in [5, 5.41) is 13.5. The van der Waals surface area contributed by atoms with Crippen LogP contribution in [0.25, 0.3) is 5.13 Å². The number of nitrogens with zero attached hydrogens (tertiary/aromatic N) is 4. The summed E-state index contributed by atoms with van der Waals surface area (Å²) in [5.74, 6) is 0.159. The Morgan fingerprint density at radius 2 is 1.78 bits per heavy atom. The molecule has 7 heteroatoms. The summed E-state index contributed by atoms with van der Waals surface area (Å²) in [5.41, 5.74) is 3.25. The van der Waals surface area contributed by atoms with Crippen molar-refractivity contribution in [1.82, 2.24) is 14.8 Å². The molecular weight excluding hydrogens is 358 g/mol. The van der Waals surface area contributed by atoms with Gasteiger partial charge in [0.1, 0.15) is 0 Å². The van der Waals surface area contributed by atoms with E-state index in [0.717, 1.165) is 47.4 Å². The summed E-state index contributed by atoms with van der Waals surface area (Å²) in [6, 6.07) is 9.97. The van der Waals surface area contributed by atoms with E-state index in [4.69, 9.17) is 0 Å². The Labute approximate surface area is 162 Å². The minimum absolute atomic E-state index is 0.0398. The van der Waals surface area contributed by atoms with Gasteiger partial charge in [0.2, 0.25) is 16.2 Å². The zero-order chi connectivity index (χ0) is 18.8. The Hall–Kier alpha value is -2.67. The lowest BCUT2D eigenvalue weighted by molar-refractivity contribution is -0.120. The van der Waals surface area contributed by atoms with Crippen LogP contribution in [0.15, 0.2) is 42.7 Å². The molecule has 1 aromatic carbocycles. The van der Waals surface area contributed by atoms with E-state index in [2.05, 4.69) is 33.4 Å². The molecule has 0 saturated carbocycles. The van der Waals surface area contributed by atoms with Gasteiger partial charge >= 0.3 is 0 Å². The van der Waals surface area contributed by atoms with Crippen molar-refractivity contribution in [3.63, 3.8) is 0 Å². The zero-order valence-electron chi connectivity index (χ0n) is 15.6. The molecule has 3 heterocycles. The van der Waals surface area contributed by atoms with Gasteiger partial charge in [0.05, 0.1) is 0 Å². The molecule has 140 valence electrons. The number of amides is 1. The van der Waals surface area contributed by atoms with Gasteiger partial charge in [0.15, 0.2) is 0 Å². The van der Waals surface area contributed by atoms with Crippen LogP contribution in [0.5, 0.6) is 0 Å². The number of piperidine rings is 1. The van der Waals surface area contributed by atoms with Crippen LogP contribution in [0, 0.1) is 19.8 Å². The van der Waals surface area contributed by atoms with E-state index < -0.39 is 0 Å². The molecule has 0 atom stereocenters. The first kappa shape index (κ1) is 17.7. The molecule has 6 nitrogen and oxygen atoms in total. The van der Waals surface area contributed by atoms with Crippen LogP contribution in [0.3, 0.4) is 0 Å². The van der Waals surface area contributed by atoms with Crippen molar-refractivity contribution in [2.24, 2.45) is 5.92 Å². The van der Waals surface area contributed by atoms with Gasteiger partial charge in [0.25, 0.3) is 0 Å². The molecule has 0 unspecified atom stereocenters. The van der Waals surface area contributed by atoms with Gasteiger partial charge in [-0.1, -0.05) is 23.5 Å². The second-order valence-corrected chi connectivity index (χ2v) is 7.89. The first-order valence-electron chi connectivity index (χ1n) is 9.20. The molecule has 4 rings (SSSR count). The molecule has 3 aromatic rings. The molecule has 1 saturated heterocycles. The molecule has 27 heavy (non-hydrogen) atoms. The van der Waals surface area contributed by atoms with Crippen molar-refractivity contribution < 1.29 is 4.79 Å². The van der Waals surface area contributed by atoms with Crippen molar-refractivity contribution in [2.75, 3.05) is 23.3 Å². The fraction of sp³-hybridized carbons (Fsp3) is 0.350. The van der Waals surface area contributed by atoms with E-state index in [1.165, 1.54) is 5.56 Å². The van der Waals surface area contributed by atoms with E-state index in [-0.39, 0.29) is 11.8 Å². The monoisotopic (exact) mass is 381 g/mol. The summed E-state index contributed by atoms with van der Waals surface area (Å²) in [6.07, 6.45) is 5.59. The highest BCUT2D eigenvalue weighted by Crippen LogP contribution is 2.28. The lowest BCUT2D eigenvalue weighted by Gasteiger charge is -2.30. The van der Waals surface area contributed by atoms with Crippen LogP contribution >= 0.6 is 11.3 Å². The molecule has 2 aromatic heterocycles. The van der Waals surface area contributed by atoms with Crippen molar-refractivity contribution in [1.29, 1.82) is 0 Å². The summed E-state index contributed by atoms with van der Waals surface area (Å²) in [4.78, 5) is 14.9. The Kier molecular flexibility index (Phi) is 4.94. The quantitative estimate of drug-likeness (QED) is 0.747. The molecule has 1 aliphatic rings. The smallest absolute Gasteiger partial charge is 0.227 e. The van der Waals surface area contributed by atoms with Crippen LogP contribution in [0.1, 0.15) is 24.0 Å². The molecule has 0 bridgehead atoms. The molecule has 1 N–H and O–H groups in total. The standard InChI is InChI=1S/C20H23N5OS/c1-14-6-5-7-17(15(14)2)21-18(26)16-8-12-25(13-9-16)20-23-22-19(27-20)24-10-3-4-11-24/h3-7,10-11,16H,8-9,12-13H2,1-2H3,(H,21,26). The first-order chi connectivity index (χ1) is 13.1. The summed E-state index contributed by atoms with van der Waals surface area (Å²) < 4.78 is 1.96. The largest absolute Gasteiger partial charge is 0.347 e. The Balaban J connectivity index is 1.36. The number of hydrogen-bond acceptors (Lipinski definition) is 5. The second-order valence-electron chi connectivity index (χ2n) is 6.96. The van der Waals surface area contributed by atoms with Crippen molar-refractivity contribution in [2.45, 2.75) is 26.7 Å². The molecule has 0 radical (unpaired) electrons. The van der Waals surface area contributed by atoms with Crippen LogP contribution in [-0.2, 0) is 4.79 Å². The third-order valence-electron chi connectivity index (χ3n) is 5.23. The van der Waals surface area contributed by atoms with Crippen molar-refractivity contribution in [3.05, 3.63) is 53.9 Å². The minimum atomic E-state index is 0.0398. The predicted molar refractivity (Wildman–Crippen MR) is 109 cm³/mol. The minimum Gasteiger partial charge on any atom is -0.347 e. The van der Waals surface area contributed by atoms with Gasteiger partial charge in [-0.2, -0.15) is 0 Å².